The summed E-state index contributed by atoms with van der Waals surface area (Å²) in [4.78, 5) is 55.6. The Bertz CT molecular complexity index is 2040. The molecule has 0 aromatic heterocycles. The van der Waals surface area contributed by atoms with Gasteiger partial charge in [-0.15, -0.1) is 0 Å². The number of piperazine rings is 1. The molecule has 7 rings (SSSR count). The third kappa shape index (κ3) is 5.40. The lowest BCUT2D eigenvalue weighted by atomic mass is 9.65. The number of nitro groups is 2. The number of carbonyl (C=O) groups excluding carboxylic acids is 2. The second kappa shape index (κ2) is 13.3. The Kier molecular flexibility index (Phi) is 8.85. The molecule has 3 aliphatic carbocycles. The molecule has 1 aliphatic heterocycles. The van der Waals surface area contributed by atoms with Crippen molar-refractivity contribution in [3.05, 3.63) is 115 Å². The third-order valence-electron chi connectivity index (χ3n) is 11.0. The number of nitrogens with zero attached hydrogens (tertiary/aromatic N) is 4. The quantitative estimate of drug-likeness (QED) is 0.213. The van der Waals surface area contributed by atoms with E-state index in [1.54, 1.807) is 38.5 Å². The molecule has 1 heterocycles. The molecule has 1 saturated heterocycles. The van der Waals surface area contributed by atoms with Crippen LogP contribution in [0.25, 0.3) is 0 Å². The third-order valence-corrected chi connectivity index (χ3v) is 11.0. The van der Waals surface area contributed by atoms with Crippen LogP contribution in [-0.2, 0) is 15.0 Å². The van der Waals surface area contributed by atoms with Gasteiger partial charge in [0.15, 0.2) is 23.0 Å². The maximum absolute atomic E-state index is 15.0. The maximum atomic E-state index is 15.0. The number of carbonyl (C=O) groups is 2. The first kappa shape index (κ1) is 34.5. The average Bonchev–Trinajstić information content (AvgIpc) is 3.46. The van der Waals surface area contributed by atoms with Gasteiger partial charge >= 0.3 is 0 Å². The van der Waals surface area contributed by atoms with E-state index in [4.69, 9.17) is 18.9 Å². The Balaban J connectivity index is 1.35. The van der Waals surface area contributed by atoms with Crippen LogP contribution in [0.1, 0.15) is 46.9 Å². The Morgan fingerprint density at radius 2 is 1.54 bits per heavy atom. The van der Waals surface area contributed by atoms with Crippen LogP contribution in [0, 0.1) is 26.1 Å². The Hall–Kier alpha value is -5.92. The summed E-state index contributed by atoms with van der Waals surface area (Å²) in [5.74, 6) is -0.292. The van der Waals surface area contributed by atoms with Crippen LogP contribution >= 0.6 is 0 Å². The number of allylic oxidation sites excluding steroid dienone is 3. The smallest absolute Gasteiger partial charge is 0.269 e. The van der Waals surface area contributed by atoms with Gasteiger partial charge in [-0.1, -0.05) is 12.1 Å². The summed E-state index contributed by atoms with van der Waals surface area (Å²) in [6.45, 7) is 1.84. The fraction of sp³-hybridized carbons (Fsp3) is 0.368. The normalized spacial score (nSPS) is 23.2. The molecule has 1 spiro atoms. The first-order chi connectivity index (χ1) is 25.1. The number of benzene rings is 3. The van der Waals surface area contributed by atoms with Gasteiger partial charge in [0.05, 0.1) is 49.6 Å². The molecule has 4 bridgehead atoms. The van der Waals surface area contributed by atoms with Crippen LogP contribution in [0.15, 0.2) is 72.5 Å². The molecule has 0 saturated carbocycles. The van der Waals surface area contributed by atoms with Crippen molar-refractivity contribution in [3.63, 3.8) is 0 Å². The highest BCUT2D eigenvalue weighted by atomic mass is 16.6. The molecule has 0 radical (unpaired) electrons. The molecule has 3 aromatic rings. The predicted octanol–water partition coefficient (Wildman–Crippen LogP) is 5.15. The number of hydrogen-bond acceptors (Lipinski definition) is 11. The van der Waals surface area contributed by atoms with Gasteiger partial charge in [-0.05, 0) is 59.5 Å². The molecule has 4 aliphatic rings. The van der Waals surface area contributed by atoms with Gasteiger partial charge in [-0.25, -0.2) is 0 Å². The zero-order valence-electron chi connectivity index (χ0n) is 29.2. The van der Waals surface area contributed by atoms with Crippen molar-refractivity contribution in [2.45, 2.75) is 30.1 Å². The van der Waals surface area contributed by atoms with E-state index in [0.29, 0.717) is 54.7 Å². The number of nitro benzene ring substituents is 1. The number of rotatable bonds is 9. The Morgan fingerprint density at radius 3 is 2.12 bits per heavy atom. The van der Waals surface area contributed by atoms with E-state index in [1.807, 2.05) is 23.1 Å². The molecule has 14 nitrogen and oxygen atoms in total. The second-order valence-corrected chi connectivity index (χ2v) is 13.3. The van der Waals surface area contributed by atoms with Crippen LogP contribution < -0.4 is 23.8 Å². The van der Waals surface area contributed by atoms with Crippen LogP contribution in [0.4, 0.5) is 11.4 Å². The molecule has 0 N–H and O–H groups in total. The monoisotopic (exact) mass is 710 g/mol. The van der Waals surface area contributed by atoms with Crippen LogP contribution in [0.2, 0.25) is 0 Å². The standard InChI is InChI=1S/C38H38N4O10/c1-49-28-10-5-22(19-29(28)50-2)32-33-26-20-30(51-3)36(52-4)35(33)38(13-11-25(12-14-38)42(47)48)31(43)21-27(26)34(32)37(44)40-17-15-39(16-18-40)23-6-8-24(9-7-23)41(45)46/h5-13,19-20,27,32,34H,14-18,21H2,1-4H3. The van der Waals surface area contributed by atoms with E-state index in [0.717, 1.165) is 22.4 Å². The number of Topliss-reactive ketones (excluding diaryl/α,β-unsaturated/α-hetero) is 1. The molecular weight excluding hydrogens is 672 g/mol. The Labute approximate surface area is 299 Å². The van der Waals surface area contributed by atoms with Crippen molar-refractivity contribution >= 4 is 23.1 Å². The highest BCUT2D eigenvalue weighted by Gasteiger charge is 2.57. The Morgan fingerprint density at radius 1 is 0.846 bits per heavy atom. The molecule has 1 fully saturated rings. The lowest BCUT2D eigenvalue weighted by Crippen LogP contribution is -2.51. The molecule has 14 heteroatoms. The summed E-state index contributed by atoms with van der Waals surface area (Å²) in [5.41, 5.74) is 2.34. The number of ether oxygens (including phenoxy) is 4. The zero-order valence-corrected chi connectivity index (χ0v) is 29.2. The minimum Gasteiger partial charge on any atom is -0.493 e. The second-order valence-electron chi connectivity index (χ2n) is 13.3. The molecule has 3 aromatic carbocycles. The lowest BCUT2D eigenvalue weighted by molar-refractivity contribution is -0.419. The van der Waals surface area contributed by atoms with Crippen molar-refractivity contribution in [1.29, 1.82) is 0 Å². The number of hydrogen-bond donors (Lipinski definition) is 0. The summed E-state index contributed by atoms with van der Waals surface area (Å²) >= 11 is 0. The number of fused-ring (bicyclic) bond motifs is 1. The first-order valence-electron chi connectivity index (χ1n) is 16.9. The largest absolute Gasteiger partial charge is 0.493 e. The lowest BCUT2D eigenvalue weighted by Gasteiger charge is -2.40. The first-order valence-corrected chi connectivity index (χ1v) is 16.9. The van der Waals surface area contributed by atoms with Gasteiger partial charge in [0.2, 0.25) is 5.91 Å². The SMILES string of the molecule is COc1ccc(C2c3c4cc(OC)c(OC)c3C3(C=CC([N+](=O)[O-])=CC3)C(=O)CC4C2C(=O)N2CCN(c3ccc([N+](=O)[O-])cc3)CC2)cc1OC. The van der Waals surface area contributed by atoms with Gasteiger partial charge < -0.3 is 28.7 Å². The van der Waals surface area contributed by atoms with Crippen molar-refractivity contribution in [2.75, 3.05) is 59.5 Å². The van der Waals surface area contributed by atoms with Crippen molar-refractivity contribution in [3.8, 4) is 23.0 Å². The summed E-state index contributed by atoms with van der Waals surface area (Å²) in [6, 6.07) is 13.8. The summed E-state index contributed by atoms with van der Waals surface area (Å²) in [7, 11) is 6.11. The van der Waals surface area contributed by atoms with E-state index >= 15 is 4.79 Å². The number of amides is 1. The van der Waals surface area contributed by atoms with Crippen molar-refractivity contribution < 1.29 is 38.4 Å². The molecule has 1 amide bonds. The zero-order chi connectivity index (χ0) is 36.9. The molecule has 270 valence electrons. The average molecular weight is 711 g/mol. The van der Waals surface area contributed by atoms with Gasteiger partial charge in [0.1, 0.15) is 5.78 Å². The molecule has 4 atom stereocenters. The minimum absolute atomic E-state index is 0.00831. The number of non-ortho nitro benzene ring substituents is 1. The van der Waals surface area contributed by atoms with Crippen molar-refractivity contribution in [1.82, 2.24) is 4.90 Å². The van der Waals surface area contributed by atoms with E-state index in [1.165, 1.54) is 38.5 Å². The number of ketones is 1. The number of anilines is 1. The van der Waals surface area contributed by atoms with Crippen LogP contribution in [-0.4, -0.2) is 81.1 Å². The summed E-state index contributed by atoms with van der Waals surface area (Å²) in [6.07, 6.45) is 4.53. The fourth-order valence-electron chi connectivity index (χ4n) is 8.55. The van der Waals surface area contributed by atoms with Crippen LogP contribution in [0.3, 0.4) is 0 Å². The summed E-state index contributed by atoms with van der Waals surface area (Å²) < 4.78 is 23.1. The van der Waals surface area contributed by atoms with E-state index in [-0.39, 0.29) is 35.9 Å². The summed E-state index contributed by atoms with van der Waals surface area (Å²) in [5, 5.41) is 22.9. The van der Waals surface area contributed by atoms with Crippen molar-refractivity contribution in [2.24, 2.45) is 5.92 Å². The maximum Gasteiger partial charge on any atom is 0.269 e. The van der Waals surface area contributed by atoms with E-state index < -0.39 is 33.0 Å². The van der Waals surface area contributed by atoms with Gasteiger partial charge in [-0.2, -0.15) is 0 Å². The van der Waals surface area contributed by atoms with E-state index in [9.17, 15) is 25.0 Å². The number of methoxy groups -OCH3 is 4. The van der Waals surface area contributed by atoms with Gasteiger partial charge in [0, 0.05) is 73.9 Å². The van der Waals surface area contributed by atoms with Gasteiger partial charge in [-0.3, -0.25) is 29.8 Å². The van der Waals surface area contributed by atoms with Gasteiger partial charge in [0.25, 0.3) is 11.4 Å². The predicted molar refractivity (Wildman–Crippen MR) is 189 cm³/mol. The molecule has 52 heavy (non-hydrogen) atoms. The molecular formula is C38H38N4O10. The fourth-order valence-corrected chi connectivity index (χ4v) is 8.55. The topological polar surface area (TPSA) is 164 Å². The minimum atomic E-state index is -1.29. The highest BCUT2D eigenvalue weighted by molar-refractivity contribution is 5.99. The highest BCUT2D eigenvalue weighted by Crippen LogP contribution is 2.63. The molecule has 4 unspecified atom stereocenters. The van der Waals surface area contributed by atoms with E-state index in [2.05, 4.69) is 4.90 Å². The van der Waals surface area contributed by atoms with Crippen LogP contribution in [0.5, 0.6) is 23.0 Å².